The maximum absolute atomic E-state index is 14.0. The van der Waals surface area contributed by atoms with Gasteiger partial charge in [-0.3, -0.25) is 9.69 Å². The van der Waals surface area contributed by atoms with Crippen LogP contribution in [0, 0.1) is 11.7 Å². The molecule has 0 radical (unpaired) electrons. The number of halogens is 1. The Bertz CT molecular complexity index is 985. The lowest BCUT2D eigenvalue weighted by molar-refractivity contribution is -0.159. The van der Waals surface area contributed by atoms with E-state index in [1.54, 1.807) is 44.1 Å². The fraction of sp³-hybridized carbons (Fsp3) is 0.333. The summed E-state index contributed by atoms with van der Waals surface area (Å²) in [5.41, 5.74) is -0.0356. The Morgan fingerprint density at radius 2 is 2.10 bits per heavy atom. The normalized spacial score (nSPS) is 24.8. The van der Waals surface area contributed by atoms with Gasteiger partial charge in [-0.25, -0.2) is 4.39 Å². The van der Waals surface area contributed by atoms with Gasteiger partial charge in [0.05, 0.1) is 19.8 Å². The standard InChI is InChI=1S/C21H21FN2O4S/c1-4-27-19(25)16-17-14-9-6-10-15(26-3)18(14)28-21(16,2)24(20(29)23-17)13-8-5-7-12(22)11-13/h5-11,16-17H,4H2,1-3H3,(H,23,29)/t16-,17-,21+/m1/s1. The maximum Gasteiger partial charge on any atom is 0.317 e. The van der Waals surface area contributed by atoms with Crippen LogP contribution in [0.5, 0.6) is 11.5 Å². The van der Waals surface area contributed by atoms with Gasteiger partial charge >= 0.3 is 5.97 Å². The molecule has 1 saturated heterocycles. The van der Waals surface area contributed by atoms with Crippen LogP contribution in [0.3, 0.4) is 0 Å². The number of carbonyl (C=O) groups is 1. The molecular weight excluding hydrogens is 395 g/mol. The van der Waals surface area contributed by atoms with Crippen LogP contribution < -0.4 is 19.7 Å². The zero-order valence-electron chi connectivity index (χ0n) is 16.3. The summed E-state index contributed by atoms with van der Waals surface area (Å²) in [4.78, 5) is 14.6. The SMILES string of the molecule is CCOC(=O)[C@H]1[C@@H]2NC(=S)N(c3cccc(F)c3)[C@@]1(C)Oc1c(OC)cccc12. The predicted octanol–water partition coefficient (Wildman–Crippen LogP) is 3.56. The quantitative estimate of drug-likeness (QED) is 0.604. The lowest BCUT2D eigenvalue weighted by atomic mass is 9.79. The topological polar surface area (TPSA) is 60.0 Å². The van der Waals surface area contributed by atoms with Crippen LogP contribution in [0.1, 0.15) is 25.5 Å². The van der Waals surface area contributed by atoms with Crippen LogP contribution >= 0.6 is 12.2 Å². The third-order valence-electron chi connectivity index (χ3n) is 5.32. The summed E-state index contributed by atoms with van der Waals surface area (Å²) in [5, 5.41) is 3.57. The number of fused-ring (bicyclic) bond motifs is 4. The van der Waals surface area contributed by atoms with Gasteiger partial charge in [0.2, 0.25) is 5.72 Å². The first kappa shape index (κ1) is 19.4. The van der Waals surface area contributed by atoms with Gasteiger partial charge in [-0.1, -0.05) is 18.2 Å². The molecule has 0 unspecified atom stereocenters. The first-order valence-corrected chi connectivity index (χ1v) is 9.70. The largest absolute Gasteiger partial charge is 0.493 e. The molecule has 0 amide bonds. The molecule has 29 heavy (non-hydrogen) atoms. The van der Waals surface area contributed by atoms with Crippen LogP contribution in [0.25, 0.3) is 0 Å². The maximum atomic E-state index is 14.0. The third-order valence-corrected chi connectivity index (χ3v) is 5.62. The molecule has 152 valence electrons. The first-order chi connectivity index (χ1) is 13.9. The molecule has 8 heteroatoms. The number of nitrogens with one attached hydrogen (secondary N) is 1. The molecule has 6 nitrogen and oxygen atoms in total. The second kappa shape index (κ2) is 7.18. The molecule has 1 N–H and O–H groups in total. The molecule has 2 aliphatic heterocycles. The summed E-state index contributed by atoms with van der Waals surface area (Å²) in [6.07, 6.45) is 0. The van der Waals surface area contributed by atoms with Gasteiger partial charge in [0, 0.05) is 11.3 Å². The highest BCUT2D eigenvalue weighted by molar-refractivity contribution is 7.80. The van der Waals surface area contributed by atoms with Crippen molar-refractivity contribution in [2.75, 3.05) is 18.6 Å². The monoisotopic (exact) mass is 416 g/mol. The molecule has 2 heterocycles. The van der Waals surface area contributed by atoms with Crippen molar-refractivity contribution in [3.63, 3.8) is 0 Å². The molecular formula is C21H21FN2O4S. The average Bonchev–Trinajstić information content (AvgIpc) is 2.67. The van der Waals surface area contributed by atoms with E-state index in [2.05, 4.69) is 5.32 Å². The van der Waals surface area contributed by atoms with Crippen LogP contribution in [0.2, 0.25) is 0 Å². The number of nitrogens with zero attached hydrogens (tertiary/aromatic N) is 1. The molecule has 2 bridgehead atoms. The van der Waals surface area contributed by atoms with Crippen molar-refractivity contribution in [2.45, 2.75) is 25.6 Å². The lowest BCUT2D eigenvalue weighted by Gasteiger charge is -2.55. The Labute approximate surface area is 173 Å². The van der Waals surface area contributed by atoms with E-state index in [9.17, 15) is 9.18 Å². The van der Waals surface area contributed by atoms with E-state index in [0.717, 1.165) is 5.56 Å². The highest BCUT2D eigenvalue weighted by Crippen LogP contribution is 2.52. The molecule has 0 aromatic heterocycles. The fourth-order valence-corrected chi connectivity index (χ4v) is 4.54. The van der Waals surface area contributed by atoms with Gasteiger partial charge in [-0.15, -0.1) is 0 Å². The highest BCUT2D eigenvalue weighted by atomic mass is 32.1. The summed E-state index contributed by atoms with van der Waals surface area (Å²) in [6, 6.07) is 11.0. The molecule has 0 aliphatic carbocycles. The second-order valence-electron chi connectivity index (χ2n) is 7.01. The van der Waals surface area contributed by atoms with Crippen molar-refractivity contribution in [1.82, 2.24) is 5.32 Å². The van der Waals surface area contributed by atoms with E-state index in [0.29, 0.717) is 22.3 Å². The van der Waals surface area contributed by atoms with E-state index >= 15 is 0 Å². The summed E-state index contributed by atoms with van der Waals surface area (Å²) in [5.74, 6) is -0.548. The number of hydrogen-bond acceptors (Lipinski definition) is 5. The number of benzene rings is 2. The smallest absolute Gasteiger partial charge is 0.317 e. The van der Waals surface area contributed by atoms with Crippen molar-refractivity contribution in [2.24, 2.45) is 5.92 Å². The Hall–Kier alpha value is -2.87. The lowest BCUT2D eigenvalue weighted by Crippen LogP contribution is -2.71. The number of para-hydroxylation sites is 1. The molecule has 3 atom stereocenters. The molecule has 0 spiro atoms. The van der Waals surface area contributed by atoms with Crippen LogP contribution in [0.4, 0.5) is 10.1 Å². The van der Waals surface area contributed by atoms with Crippen LogP contribution in [-0.2, 0) is 9.53 Å². The van der Waals surface area contributed by atoms with Crippen LogP contribution in [-0.4, -0.2) is 30.5 Å². The number of rotatable bonds is 4. The molecule has 2 aliphatic rings. The van der Waals surface area contributed by atoms with Crippen molar-refractivity contribution in [3.05, 3.63) is 53.8 Å². The minimum atomic E-state index is -1.26. The first-order valence-electron chi connectivity index (χ1n) is 9.29. The van der Waals surface area contributed by atoms with Gasteiger partial charge < -0.3 is 19.5 Å². The van der Waals surface area contributed by atoms with Gasteiger partial charge in [0.1, 0.15) is 11.7 Å². The Kier molecular flexibility index (Phi) is 4.82. The summed E-state index contributed by atoms with van der Waals surface area (Å²) in [6.45, 7) is 3.74. The Morgan fingerprint density at radius 3 is 2.79 bits per heavy atom. The summed E-state index contributed by atoms with van der Waals surface area (Å²) in [7, 11) is 1.55. The van der Waals surface area contributed by atoms with Crippen molar-refractivity contribution in [1.29, 1.82) is 0 Å². The third kappa shape index (κ3) is 2.98. The van der Waals surface area contributed by atoms with Crippen molar-refractivity contribution in [3.8, 4) is 11.5 Å². The van der Waals surface area contributed by atoms with Gasteiger partial charge in [-0.05, 0) is 50.3 Å². The number of carbonyl (C=O) groups excluding carboxylic acids is 1. The van der Waals surface area contributed by atoms with Gasteiger partial charge in [0.15, 0.2) is 16.6 Å². The van der Waals surface area contributed by atoms with Crippen LogP contribution in [0.15, 0.2) is 42.5 Å². The molecule has 2 aromatic rings. The summed E-state index contributed by atoms with van der Waals surface area (Å²) >= 11 is 5.60. The zero-order valence-corrected chi connectivity index (χ0v) is 17.1. The summed E-state index contributed by atoms with van der Waals surface area (Å²) < 4.78 is 31.2. The van der Waals surface area contributed by atoms with E-state index in [1.807, 2.05) is 12.1 Å². The number of thiocarbonyl (C=S) groups is 1. The predicted molar refractivity (Wildman–Crippen MR) is 110 cm³/mol. The van der Waals surface area contributed by atoms with Crippen molar-refractivity contribution < 1.29 is 23.4 Å². The van der Waals surface area contributed by atoms with Gasteiger partial charge in [0.25, 0.3) is 0 Å². The van der Waals surface area contributed by atoms with Gasteiger partial charge in [-0.2, -0.15) is 0 Å². The molecule has 2 aromatic carbocycles. The van der Waals surface area contributed by atoms with E-state index in [4.69, 9.17) is 26.4 Å². The molecule has 1 fully saturated rings. The number of anilines is 1. The number of methoxy groups -OCH3 is 1. The van der Waals surface area contributed by atoms with Crippen molar-refractivity contribution >= 4 is 29.0 Å². The molecule has 0 saturated carbocycles. The Balaban J connectivity index is 1.92. The zero-order chi connectivity index (χ0) is 20.8. The Morgan fingerprint density at radius 1 is 1.34 bits per heavy atom. The van der Waals surface area contributed by atoms with E-state index in [1.165, 1.54) is 12.1 Å². The van der Waals surface area contributed by atoms with E-state index < -0.39 is 29.5 Å². The molecule has 4 rings (SSSR count). The second-order valence-corrected chi connectivity index (χ2v) is 7.39. The fourth-order valence-electron chi connectivity index (χ4n) is 4.13. The number of hydrogen-bond donors (Lipinski definition) is 1. The highest BCUT2D eigenvalue weighted by Gasteiger charge is 2.60. The van der Waals surface area contributed by atoms with E-state index in [-0.39, 0.29) is 6.61 Å². The minimum Gasteiger partial charge on any atom is -0.493 e. The average molecular weight is 416 g/mol. The number of esters is 1. The number of ether oxygens (including phenoxy) is 3. The minimum absolute atomic E-state index is 0.230.